The standard InChI is InChI=1S/C19H22N2O2/c1-23-17-4-2-3-14-7-8-21(19(14)17)12-18(22)20-11-16-10-13-5-6-15(16)9-13/h2-8,13,15-16H,9-12H2,1H3,(H,20,22)/t13-,15-,16-/m0/s1. The Morgan fingerprint density at radius 3 is 2.96 bits per heavy atom. The van der Waals surface area contributed by atoms with Crippen LogP contribution in [-0.4, -0.2) is 24.1 Å². The predicted octanol–water partition coefficient (Wildman–Crippen LogP) is 2.98. The lowest BCUT2D eigenvalue weighted by Gasteiger charge is -2.18. The highest BCUT2D eigenvalue weighted by Crippen LogP contribution is 2.42. The van der Waals surface area contributed by atoms with E-state index in [4.69, 9.17) is 4.74 Å². The minimum absolute atomic E-state index is 0.0696. The molecule has 1 aromatic carbocycles. The predicted molar refractivity (Wildman–Crippen MR) is 90.3 cm³/mol. The van der Waals surface area contributed by atoms with E-state index in [2.05, 4.69) is 17.5 Å². The number of amides is 1. The van der Waals surface area contributed by atoms with Gasteiger partial charge in [0.2, 0.25) is 5.91 Å². The number of hydrogen-bond donors (Lipinski definition) is 1. The second kappa shape index (κ2) is 5.76. The summed E-state index contributed by atoms with van der Waals surface area (Å²) in [6.45, 7) is 1.13. The van der Waals surface area contributed by atoms with Crippen molar-refractivity contribution < 1.29 is 9.53 Å². The Hall–Kier alpha value is -2.23. The average Bonchev–Trinajstić information content (AvgIpc) is 3.28. The molecule has 0 aliphatic heterocycles. The van der Waals surface area contributed by atoms with Gasteiger partial charge in [0.15, 0.2) is 0 Å². The summed E-state index contributed by atoms with van der Waals surface area (Å²) in [4.78, 5) is 12.3. The van der Waals surface area contributed by atoms with E-state index in [-0.39, 0.29) is 5.91 Å². The molecule has 4 rings (SSSR count). The van der Waals surface area contributed by atoms with Crippen LogP contribution in [0.15, 0.2) is 42.6 Å². The zero-order valence-electron chi connectivity index (χ0n) is 13.4. The summed E-state index contributed by atoms with van der Waals surface area (Å²) in [5.41, 5.74) is 0.980. The van der Waals surface area contributed by atoms with Crippen LogP contribution in [0.5, 0.6) is 5.75 Å². The van der Waals surface area contributed by atoms with E-state index < -0.39 is 0 Å². The lowest BCUT2D eigenvalue weighted by Crippen LogP contribution is -2.33. The van der Waals surface area contributed by atoms with Crippen molar-refractivity contribution in [3.8, 4) is 5.75 Å². The molecule has 2 aliphatic rings. The number of allylic oxidation sites excluding steroid dienone is 2. The molecular weight excluding hydrogens is 288 g/mol. The van der Waals surface area contributed by atoms with Gasteiger partial charge in [-0.1, -0.05) is 24.3 Å². The van der Waals surface area contributed by atoms with E-state index in [1.807, 2.05) is 35.0 Å². The van der Waals surface area contributed by atoms with Gasteiger partial charge < -0.3 is 14.6 Å². The molecule has 0 unspecified atom stereocenters. The zero-order chi connectivity index (χ0) is 15.8. The highest BCUT2D eigenvalue weighted by atomic mass is 16.5. The van der Waals surface area contributed by atoms with Gasteiger partial charge in [0, 0.05) is 18.1 Å². The number of methoxy groups -OCH3 is 1. The van der Waals surface area contributed by atoms with Gasteiger partial charge >= 0.3 is 0 Å². The molecule has 0 radical (unpaired) electrons. The summed E-state index contributed by atoms with van der Waals surface area (Å²) in [5.74, 6) is 2.91. The summed E-state index contributed by atoms with van der Waals surface area (Å²) in [6, 6.07) is 7.95. The highest BCUT2D eigenvalue weighted by molar-refractivity contribution is 5.87. The van der Waals surface area contributed by atoms with Gasteiger partial charge in [-0.2, -0.15) is 0 Å². The molecule has 2 bridgehead atoms. The fourth-order valence-electron chi connectivity index (χ4n) is 4.11. The fourth-order valence-corrected chi connectivity index (χ4v) is 4.11. The zero-order valence-corrected chi connectivity index (χ0v) is 13.4. The number of fused-ring (bicyclic) bond motifs is 3. The topological polar surface area (TPSA) is 43.3 Å². The summed E-state index contributed by atoms with van der Waals surface area (Å²) in [7, 11) is 1.66. The molecule has 1 saturated carbocycles. The van der Waals surface area contributed by atoms with E-state index >= 15 is 0 Å². The first-order valence-electron chi connectivity index (χ1n) is 8.31. The molecule has 0 saturated heterocycles. The largest absolute Gasteiger partial charge is 0.495 e. The number of carbonyl (C=O) groups excluding carboxylic acids is 1. The van der Waals surface area contributed by atoms with E-state index in [9.17, 15) is 4.79 Å². The number of nitrogens with one attached hydrogen (secondary N) is 1. The lowest BCUT2D eigenvalue weighted by atomic mass is 9.94. The Bertz CT molecular complexity index is 762. The van der Waals surface area contributed by atoms with Gasteiger partial charge in [0.25, 0.3) is 0 Å². The van der Waals surface area contributed by atoms with Crippen LogP contribution in [0, 0.1) is 17.8 Å². The molecular formula is C19H22N2O2. The third-order valence-electron chi connectivity index (χ3n) is 5.26. The number of benzene rings is 1. The number of para-hydroxylation sites is 1. The molecule has 1 aromatic heterocycles. The van der Waals surface area contributed by atoms with Crippen LogP contribution in [-0.2, 0) is 11.3 Å². The van der Waals surface area contributed by atoms with Crippen LogP contribution in [0.4, 0.5) is 0 Å². The first-order chi connectivity index (χ1) is 11.2. The molecule has 3 atom stereocenters. The maximum atomic E-state index is 12.3. The van der Waals surface area contributed by atoms with Crippen LogP contribution in [0.3, 0.4) is 0 Å². The minimum atomic E-state index is 0.0696. The quantitative estimate of drug-likeness (QED) is 0.863. The van der Waals surface area contributed by atoms with Gasteiger partial charge in [-0.05, 0) is 42.7 Å². The smallest absolute Gasteiger partial charge is 0.239 e. The van der Waals surface area contributed by atoms with E-state index in [1.165, 1.54) is 12.8 Å². The van der Waals surface area contributed by atoms with Crippen molar-refractivity contribution >= 4 is 16.8 Å². The van der Waals surface area contributed by atoms with Crippen LogP contribution >= 0.6 is 0 Å². The Kier molecular flexibility index (Phi) is 3.60. The first kappa shape index (κ1) is 14.4. The van der Waals surface area contributed by atoms with Crippen LogP contribution < -0.4 is 10.1 Å². The Morgan fingerprint density at radius 2 is 2.22 bits per heavy atom. The van der Waals surface area contributed by atoms with E-state index in [0.717, 1.165) is 29.1 Å². The van der Waals surface area contributed by atoms with Gasteiger partial charge in [-0.25, -0.2) is 0 Å². The third-order valence-corrected chi connectivity index (χ3v) is 5.26. The summed E-state index contributed by atoms with van der Waals surface area (Å²) < 4.78 is 7.39. The number of aromatic nitrogens is 1. The van der Waals surface area contributed by atoms with Crippen molar-refractivity contribution in [3.63, 3.8) is 0 Å². The molecule has 0 spiro atoms. The number of nitrogens with zero attached hydrogens (tertiary/aromatic N) is 1. The van der Waals surface area contributed by atoms with Crippen molar-refractivity contribution in [2.24, 2.45) is 17.8 Å². The van der Waals surface area contributed by atoms with E-state index in [0.29, 0.717) is 18.4 Å². The van der Waals surface area contributed by atoms with Crippen molar-refractivity contribution in [2.75, 3.05) is 13.7 Å². The molecule has 4 heteroatoms. The minimum Gasteiger partial charge on any atom is -0.495 e. The number of ether oxygens (including phenoxy) is 1. The summed E-state index contributed by atoms with van der Waals surface area (Å²) in [6.07, 6.45) is 9.12. The summed E-state index contributed by atoms with van der Waals surface area (Å²) >= 11 is 0. The van der Waals surface area contributed by atoms with Gasteiger partial charge in [-0.3, -0.25) is 4.79 Å². The van der Waals surface area contributed by atoms with Crippen molar-refractivity contribution in [3.05, 3.63) is 42.6 Å². The molecule has 1 N–H and O–H groups in total. The SMILES string of the molecule is COc1cccc2ccn(CC(=O)NC[C@@H]3C[C@H]4C=C[C@H]3C4)c12. The third kappa shape index (κ3) is 2.62. The Morgan fingerprint density at radius 1 is 1.30 bits per heavy atom. The molecule has 4 nitrogen and oxygen atoms in total. The normalized spacial score (nSPS) is 25.2. The molecule has 2 aliphatic carbocycles. The molecule has 1 fully saturated rings. The second-order valence-corrected chi connectivity index (χ2v) is 6.69. The molecule has 2 aromatic rings. The summed E-state index contributed by atoms with van der Waals surface area (Å²) in [5, 5.41) is 4.21. The van der Waals surface area contributed by atoms with Crippen LogP contribution in [0.1, 0.15) is 12.8 Å². The first-order valence-corrected chi connectivity index (χ1v) is 8.31. The molecule has 1 heterocycles. The molecule has 23 heavy (non-hydrogen) atoms. The number of rotatable bonds is 5. The van der Waals surface area contributed by atoms with Crippen molar-refractivity contribution in [1.82, 2.24) is 9.88 Å². The number of hydrogen-bond acceptors (Lipinski definition) is 2. The molecule has 120 valence electrons. The Balaban J connectivity index is 1.42. The van der Waals surface area contributed by atoms with Gasteiger partial charge in [-0.15, -0.1) is 0 Å². The second-order valence-electron chi connectivity index (χ2n) is 6.69. The van der Waals surface area contributed by atoms with Crippen LogP contribution in [0.25, 0.3) is 10.9 Å². The monoisotopic (exact) mass is 310 g/mol. The maximum Gasteiger partial charge on any atom is 0.239 e. The van der Waals surface area contributed by atoms with Crippen LogP contribution in [0.2, 0.25) is 0 Å². The van der Waals surface area contributed by atoms with E-state index in [1.54, 1.807) is 7.11 Å². The van der Waals surface area contributed by atoms with Gasteiger partial charge in [0.05, 0.1) is 12.6 Å². The highest BCUT2D eigenvalue weighted by Gasteiger charge is 2.35. The van der Waals surface area contributed by atoms with Gasteiger partial charge in [0.1, 0.15) is 12.3 Å². The average molecular weight is 310 g/mol. The maximum absolute atomic E-state index is 12.3. The molecule has 1 amide bonds. The van der Waals surface area contributed by atoms with Crippen molar-refractivity contribution in [2.45, 2.75) is 19.4 Å². The van der Waals surface area contributed by atoms with Crippen molar-refractivity contribution in [1.29, 1.82) is 0 Å². The number of carbonyl (C=O) groups is 1. The Labute approximate surface area is 136 Å². The fraction of sp³-hybridized carbons (Fsp3) is 0.421. The lowest BCUT2D eigenvalue weighted by molar-refractivity contribution is -0.121.